The Morgan fingerprint density at radius 3 is 2.40 bits per heavy atom. The average Bonchev–Trinajstić information content (AvgIpc) is 2.60. The Morgan fingerprint density at radius 2 is 1.84 bits per heavy atom. The summed E-state index contributed by atoms with van der Waals surface area (Å²) in [6, 6.07) is 7.45. The van der Waals surface area contributed by atoms with Gasteiger partial charge >= 0.3 is 12.0 Å². The quantitative estimate of drug-likeness (QED) is 0.704. The molecule has 1 atom stereocenters. The summed E-state index contributed by atoms with van der Waals surface area (Å²) in [6.07, 6.45) is 3.63. The lowest BCUT2D eigenvalue weighted by Crippen LogP contribution is -2.44. The van der Waals surface area contributed by atoms with E-state index in [-0.39, 0.29) is 24.0 Å². The van der Waals surface area contributed by atoms with Crippen LogP contribution in [0.4, 0.5) is 4.79 Å². The third-order valence-corrected chi connectivity index (χ3v) is 4.61. The highest BCUT2D eigenvalue weighted by Crippen LogP contribution is 2.24. The lowest BCUT2D eigenvalue weighted by Gasteiger charge is -2.27. The second-order valence-corrected chi connectivity index (χ2v) is 6.64. The monoisotopic (exact) mass is 348 g/mol. The predicted molar refractivity (Wildman–Crippen MR) is 95.7 cm³/mol. The normalized spacial score (nSPS) is 21.2. The van der Waals surface area contributed by atoms with E-state index in [1.807, 2.05) is 31.2 Å². The van der Waals surface area contributed by atoms with Gasteiger partial charge in [-0.1, -0.05) is 19.1 Å². The van der Waals surface area contributed by atoms with Gasteiger partial charge in [0.25, 0.3) is 0 Å². The highest BCUT2D eigenvalue weighted by Gasteiger charge is 2.26. The van der Waals surface area contributed by atoms with Gasteiger partial charge in [0.15, 0.2) is 0 Å². The van der Waals surface area contributed by atoms with Gasteiger partial charge in [0, 0.05) is 6.04 Å². The SMILES string of the molecule is CCCOc1ccc(C(C)NC(=O)NC2CCC(C(=O)O)CC2)cc1. The van der Waals surface area contributed by atoms with Crippen LogP contribution in [0, 0.1) is 5.92 Å². The van der Waals surface area contributed by atoms with Crippen LogP contribution in [-0.4, -0.2) is 29.8 Å². The summed E-state index contributed by atoms with van der Waals surface area (Å²) in [4.78, 5) is 23.1. The molecule has 2 amide bonds. The van der Waals surface area contributed by atoms with Crippen LogP contribution in [0.15, 0.2) is 24.3 Å². The molecule has 1 aliphatic rings. The van der Waals surface area contributed by atoms with Crippen LogP contribution in [0.3, 0.4) is 0 Å². The number of carboxylic acids is 1. The van der Waals surface area contributed by atoms with E-state index in [4.69, 9.17) is 9.84 Å². The number of amides is 2. The van der Waals surface area contributed by atoms with Gasteiger partial charge in [0.1, 0.15) is 5.75 Å². The number of carbonyl (C=O) groups excluding carboxylic acids is 1. The molecule has 2 rings (SSSR count). The van der Waals surface area contributed by atoms with Crippen molar-refractivity contribution in [3.63, 3.8) is 0 Å². The molecule has 1 saturated carbocycles. The maximum Gasteiger partial charge on any atom is 0.315 e. The summed E-state index contributed by atoms with van der Waals surface area (Å²) >= 11 is 0. The smallest absolute Gasteiger partial charge is 0.315 e. The number of hydrogen-bond donors (Lipinski definition) is 3. The van der Waals surface area contributed by atoms with Gasteiger partial charge in [0.05, 0.1) is 18.6 Å². The standard InChI is InChI=1S/C19H28N2O4/c1-3-12-25-17-10-6-14(7-11-17)13(2)20-19(24)21-16-8-4-15(5-9-16)18(22)23/h6-7,10-11,13,15-16H,3-5,8-9,12H2,1-2H3,(H,22,23)(H2,20,21,24). The van der Waals surface area contributed by atoms with Gasteiger partial charge in [-0.05, 0) is 56.7 Å². The van der Waals surface area contributed by atoms with E-state index in [9.17, 15) is 9.59 Å². The van der Waals surface area contributed by atoms with Crippen molar-refractivity contribution in [1.82, 2.24) is 10.6 Å². The summed E-state index contributed by atoms with van der Waals surface area (Å²) in [6.45, 7) is 4.69. The minimum Gasteiger partial charge on any atom is -0.494 e. The maximum absolute atomic E-state index is 12.2. The van der Waals surface area contributed by atoms with E-state index < -0.39 is 5.97 Å². The summed E-state index contributed by atoms with van der Waals surface area (Å²) in [5.41, 5.74) is 1.01. The molecule has 1 aromatic rings. The third kappa shape index (κ3) is 5.96. The Hall–Kier alpha value is -2.24. The van der Waals surface area contributed by atoms with Gasteiger partial charge in [-0.15, -0.1) is 0 Å². The molecular weight excluding hydrogens is 320 g/mol. The third-order valence-electron chi connectivity index (χ3n) is 4.61. The summed E-state index contributed by atoms with van der Waals surface area (Å²) in [7, 11) is 0. The van der Waals surface area contributed by atoms with Gasteiger partial charge in [-0.2, -0.15) is 0 Å². The summed E-state index contributed by atoms with van der Waals surface area (Å²) in [5, 5.41) is 14.9. The summed E-state index contributed by atoms with van der Waals surface area (Å²) < 4.78 is 5.56. The lowest BCUT2D eigenvalue weighted by atomic mass is 9.86. The van der Waals surface area contributed by atoms with Crippen molar-refractivity contribution in [1.29, 1.82) is 0 Å². The molecule has 25 heavy (non-hydrogen) atoms. The van der Waals surface area contributed by atoms with Crippen molar-refractivity contribution in [2.45, 2.75) is 58.0 Å². The van der Waals surface area contributed by atoms with Crippen molar-refractivity contribution in [2.24, 2.45) is 5.92 Å². The number of aliphatic carboxylic acids is 1. The Balaban J connectivity index is 1.77. The first kappa shape index (κ1) is 19.1. The zero-order valence-electron chi connectivity index (χ0n) is 15.0. The molecule has 0 aromatic heterocycles. The van der Waals surface area contributed by atoms with E-state index in [0.717, 1.165) is 17.7 Å². The molecule has 138 valence electrons. The number of ether oxygens (including phenoxy) is 1. The highest BCUT2D eigenvalue weighted by molar-refractivity contribution is 5.75. The largest absolute Gasteiger partial charge is 0.494 e. The topological polar surface area (TPSA) is 87.7 Å². The van der Waals surface area contributed by atoms with Gasteiger partial charge in [0.2, 0.25) is 0 Å². The molecular formula is C19H28N2O4. The van der Waals surface area contributed by atoms with Gasteiger partial charge < -0.3 is 20.5 Å². The number of hydrogen-bond acceptors (Lipinski definition) is 3. The molecule has 0 saturated heterocycles. The van der Waals surface area contributed by atoms with Crippen LogP contribution in [0.5, 0.6) is 5.75 Å². The summed E-state index contributed by atoms with van der Waals surface area (Å²) in [5.74, 6) is -0.172. The fourth-order valence-corrected chi connectivity index (χ4v) is 3.06. The Bertz CT molecular complexity index is 565. The van der Waals surface area contributed by atoms with Crippen LogP contribution >= 0.6 is 0 Å². The molecule has 0 spiro atoms. The second-order valence-electron chi connectivity index (χ2n) is 6.64. The molecule has 1 unspecified atom stereocenters. The van der Waals surface area contributed by atoms with Gasteiger partial charge in [-0.25, -0.2) is 4.79 Å². The zero-order chi connectivity index (χ0) is 18.2. The Labute approximate surface area is 149 Å². The molecule has 0 bridgehead atoms. The Morgan fingerprint density at radius 1 is 1.20 bits per heavy atom. The Kier molecular flexibility index (Phi) is 7.10. The van der Waals surface area contributed by atoms with Crippen LogP contribution in [0.2, 0.25) is 0 Å². The number of carboxylic acid groups (broad SMARTS) is 1. The number of rotatable bonds is 7. The molecule has 0 aliphatic heterocycles. The predicted octanol–water partition coefficient (Wildman–Crippen LogP) is 3.48. The fourth-order valence-electron chi connectivity index (χ4n) is 3.06. The molecule has 0 radical (unpaired) electrons. The van der Waals surface area contributed by atoms with Crippen molar-refractivity contribution in [3.05, 3.63) is 29.8 Å². The molecule has 0 heterocycles. The van der Waals surface area contributed by atoms with Crippen LogP contribution in [0.1, 0.15) is 57.6 Å². The first-order chi connectivity index (χ1) is 12.0. The van der Waals surface area contributed by atoms with Crippen molar-refractivity contribution in [2.75, 3.05) is 6.61 Å². The number of benzene rings is 1. The molecule has 6 heteroatoms. The number of carbonyl (C=O) groups is 2. The van der Waals surface area contributed by atoms with E-state index >= 15 is 0 Å². The molecule has 6 nitrogen and oxygen atoms in total. The van der Waals surface area contributed by atoms with E-state index in [1.54, 1.807) is 0 Å². The first-order valence-electron chi connectivity index (χ1n) is 9.02. The fraction of sp³-hybridized carbons (Fsp3) is 0.579. The molecule has 1 aliphatic carbocycles. The van der Waals surface area contributed by atoms with Crippen molar-refractivity contribution < 1.29 is 19.4 Å². The molecule has 3 N–H and O–H groups in total. The minimum atomic E-state index is -0.733. The van der Waals surface area contributed by atoms with Gasteiger partial charge in [-0.3, -0.25) is 4.79 Å². The molecule has 1 fully saturated rings. The molecule has 1 aromatic carbocycles. The zero-order valence-corrected chi connectivity index (χ0v) is 15.0. The second kappa shape index (κ2) is 9.30. The van der Waals surface area contributed by atoms with Crippen LogP contribution in [-0.2, 0) is 4.79 Å². The maximum atomic E-state index is 12.2. The van der Waals surface area contributed by atoms with Crippen molar-refractivity contribution >= 4 is 12.0 Å². The lowest BCUT2D eigenvalue weighted by molar-refractivity contribution is -0.142. The average molecular weight is 348 g/mol. The number of nitrogens with one attached hydrogen (secondary N) is 2. The minimum absolute atomic E-state index is 0.0487. The van der Waals surface area contributed by atoms with E-state index in [0.29, 0.717) is 32.3 Å². The van der Waals surface area contributed by atoms with E-state index in [2.05, 4.69) is 17.6 Å². The van der Waals surface area contributed by atoms with Crippen molar-refractivity contribution in [3.8, 4) is 5.75 Å². The van der Waals surface area contributed by atoms with Crippen LogP contribution in [0.25, 0.3) is 0 Å². The highest BCUT2D eigenvalue weighted by atomic mass is 16.5. The van der Waals surface area contributed by atoms with E-state index in [1.165, 1.54) is 0 Å². The number of urea groups is 1. The van der Waals surface area contributed by atoms with Crippen LogP contribution < -0.4 is 15.4 Å². The first-order valence-corrected chi connectivity index (χ1v) is 9.02.